The molecule has 11 saturated heterocycles. The number of nitrogens with one attached hydrogen (secondary N) is 4. The molecule has 0 saturated carbocycles. The molecule has 11 fully saturated rings. The summed E-state index contributed by atoms with van der Waals surface area (Å²) in [5, 5.41) is 314. The number of aliphatic hydroxyl groups excluding tert-OH is 27. The molecule has 11 heterocycles. The summed E-state index contributed by atoms with van der Waals surface area (Å²) in [6, 6.07) is -7.73. The lowest BCUT2D eigenvalue weighted by Crippen LogP contribution is -2.71. The van der Waals surface area contributed by atoms with Crippen LogP contribution in [0.25, 0.3) is 0 Å². The Hall–Kier alpha value is -4.04. The zero-order chi connectivity index (χ0) is 96.2. The Morgan fingerprint density at radius 3 is 1.04 bits per heavy atom. The van der Waals surface area contributed by atoms with E-state index in [4.69, 9.17) is 99.5 Å². The average Bonchev–Trinajstić information content (AvgIpc) is 1.74. The molecule has 0 aromatic heterocycles. The number of carbonyl (C=O) groups is 4. The van der Waals surface area contributed by atoms with Crippen molar-refractivity contribution in [1.82, 2.24) is 21.3 Å². The fraction of sp³-hybridized carbons (Fsp3) is 0.947. The van der Waals surface area contributed by atoms with Crippen molar-refractivity contribution >= 4 is 23.6 Å². The number of rotatable bonds is 34. The Morgan fingerprint density at radius 1 is 0.221 bits per heavy atom. The van der Waals surface area contributed by atoms with Gasteiger partial charge in [0.1, 0.15) is 226 Å². The van der Waals surface area contributed by atoms with Crippen molar-refractivity contribution in [2.45, 2.75) is 368 Å². The van der Waals surface area contributed by atoms with Crippen LogP contribution in [0.2, 0.25) is 0 Å². The molecule has 11 aliphatic rings. The molecule has 0 bridgehead atoms. The Bertz CT molecular complexity index is 3570. The minimum atomic E-state index is -2.50. The van der Waals surface area contributed by atoms with E-state index < -0.39 is 421 Å². The van der Waals surface area contributed by atoms with Crippen molar-refractivity contribution in [1.29, 1.82) is 0 Å². The summed E-state index contributed by atoms with van der Waals surface area (Å²) in [7, 11) is 0. The molecular formula is C75H126N4O52. The summed E-state index contributed by atoms with van der Waals surface area (Å²) in [5.74, 6) is -5.71. The smallest absolute Gasteiger partial charge is 0.217 e. The highest BCUT2D eigenvalue weighted by Crippen LogP contribution is 2.42. The van der Waals surface area contributed by atoms with Gasteiger partial charge < -0.3 is 259 Å². The van der Waals surface area contributed by atoms with Crippen LogP contribution in [-0.2, 0) is 119 Å². The second-order valence-corrected chi connectivity index (χ2v) is 34.1. The number of carbonyl (C=O) groups excluding carboxylic acids is 4. The molecule has 0 radical (unpaired) electrons. The summed E-state index contributed by atoms with van der Waals surface area (Å²) < 4.78 is 127. The first-order chi connectivity index (χ1) is 62.0. The van der Waals surface area contributed by atoms with E-state index in [1.807, 2.05) is 0 Å². The predicted molar refractivity (Wildman–Crippen MR) is 408 cm³/mol. The van der Waals surface area contributed by atoms with Crippen molar-refractivity contribution in [2.75, 3.05) is 66.1 Å². The van der Waals surface area contributed by atoms with Gasteiger partial charge in [0.15, 0.2) is 69.2 Å². The molecular weight excluding hydrogens is 1790 g/mol. The van der Waals surface area contributed by atoms with Gasteiger partial charge in [-0.1, -0.05) is 13.8 Å². The van der Waals surface area contributed by atoms with Crippen LogP contribution < -0.4 is 21.3 Å². The van der Waals surface area contributed by atoms with Gasteiger partial charge >= 0.3 is 0 Å². The van der Waals surface area contributed by atoms with E-state index in [2.05, 4.69) is 21.3 Å². The van der Waals surface area contributed by atoms with Crippen LogP contribution in [0.15, 0.2) is 0 Å². The van der Waals surface area contributed by atoms with E-state index in [0.29, 0.717) is 0 Å². The van der Waals surface area contributed by atoms with Crippen LogP contribution in [-0.4, -0.2) is 547 Å². The van der Waals surface area contributed by atoms with Crippen molar-refractivity contribution in [2.24, 2.45) is 11.8 Å². The Labute approximate surface area is 744 Å². The molecule has 1 unspecified atom stereocenters. The molecule has 131 heavy (non-hydrogen) atoms. The first kappa shape index (κ1) is 107. The number of amides is 4. The van der Waals surface area contributed by atoms with Gasteiger partial charge in [-0.25, -0.2) is 0 Å². The van der Waals surface area contributed by atoms with E-state index in [0.717, 1.165) is 27.7 Å². The number of ether oxygens (including phenoxy) is 21. The number of aliphatic hydroxyl groups is 27. The van der Waals surface area contributed by atoms with Crippen LogP contribution in [0.3, 0.4) is 0 Å². The van der Waals surface area contributed by atoms with Crippen LogP contribution >= 0.6 is 0 Å². The standard InChI is InChI=1S/C75H126N4O52/c1-18-25(8-80)116-71(54(106)40(18)92)128-61-38(79-24(7)90)68(123-32(46(61)98)15-111-69-41(93)19(2)39(91)26(9-81)117-69)125-58-30(13-85)122-67(37(49(58)101)78-23(6)89)130-63-53(105)44(96)28(11-83)120-74(63)113-16-33-47(99)62(129-73-57(109)52(104)43(95)27(10-82)118-73)64(131-72-55(107)45(97)29(12-84)119-72)75(124-33)127-59-31(14-86)121-66(36(50(59)102)77-22(5)88)126-60-34(115-65(110)35(48(60)100)76-21(4)87)17-112-70-56(108)51(103)42(94)20(3)114-70/h18-20,25-75,80-86,91-110H,8-17H2,1-7H3,(H,76,87)(H,77,88)(H,78,89)(H,79,90)/t18-,19-,20-,25+,26+,27+,28+,29+,30+,31+,32+,33+,34+,35+,36+,37+,38+,39+,40-,41+,42+,43+,44+,45-,46-,47+,48+,49+,50+,51+,52-,53-,54+,55+,56-,57-,58+,59+,60+,61+,62-,63-,64-,65?,66-,67-,68-,69+,70+,71-,72-,73+,74-,75-/m0/s1. The molecule has 11 rings (SSSR count). The highest BCUT2D eigenvalue weighted by molar-refractivity contribution is 5.74. The molecule has 31 N–H and O–H groups in total. The molecule has 0 spiro atoms. The molecule has 4 amide bonds. The minimum Gasteiger partial charge on any atom is -0.394 e. The minimum absolute atomic E-state index is 0.749. The fourth-order valence-corrected chi connectivity index (χ4v) is 17.4. The van der Waals surface area contributed by atoms with Crippen LogP contribution in [0.5, 0.6) is 0 Å². The van der Waals surface area contributed by atoms with E-state index >= 15 is 0 Å². The van der Waals surface area contributed by atoms with Gasteiger partial charge in [0.25, 0.3) is 0 Å². The maximum absolute atomic E-state index is 13.4. The van der Waals surface area contributed by atoms with Gasteiger partial charge in [-0.2, -0.15) is 0 Å². The molecule has 758 valence electrons. The first-order valence-electron chi connectivity index (χ1n) is 42.6. The van der Waals surface area contributed by atoms with Crippen molar-refractivity contribution in [3.8, 4) is 0 Å². The predicted octanol–water partition coefficient (Wildman–Crippen LogP) is -20.2. The topological polar surface area (TPSA) is 856 Å². The third-order valence-electron chi connectivity index (χ3n) is 24.9. The summed E-state index contributed by atoms with van der Waals surface area (Å²) in [4.78, 5) is 52.6. The van der Waals surface area contributed by atoms with Gasteiger partial charge in [0.2, 0.25) is 23.6 Å². The van der Waals surface area contributed by atoms with E-state index in [9.17, 15) is 157 Å². The Kier molecular flexibility index (Phi) is 38.4. The molecule has 54 atom stereocenters. The lowest BCUT2D eigenvalue weighted by Gasteiger charge is -2.51. The van der Waals surface area contributed by atoms with Gasteiger partial charge in [0, 0.05) is 39.5 Å². The van der Waals surface area contributed by atoms with E-state index in [1.165, 1.54) is 20.8 Å². The lowest BCUT2D eigenvalue weighted by molar-refractivity contribution is -0.400. The highest BCUT2D eigenvalue weighted by atomic mass is 16.8. The summed E-state index contributed by atoms with van der Waals surface area (Å²) in [6.45, 7) is -2.33. The SMILES string of the molecule is CC(=O)N[C@H]1[C@H](O[C@@H]2[C@@H](OC[C@H]3O[C@@H](O[C@H]4[C@H](O)[C@@H](NC(C)=O)[C@H](O[C@H]5[C@H](O)[C@@H](NC(C)=O)C(O)O[C@@H]5CO[C@@H]5O[C@@H](C)[C@@H](O)[C@@H](O)[C@@H]5O)O[C@@H]4CO)[C@@H](O[C@@H]4O[C@H](CO)[C@H](O)[C@H]4O)[C@@H](O[C@H]4O[C@H](CO)[C@@H](O)[C@H](O)[C@@H]4O)[C@@H]3O)O[C@H](CO)[C@@H](O)[C@@H]2O)O[C@H](CO)[C@@H](O[C@@H]2O[C@H](CO[C@@H]3O[C@H](CO)[C@H](O)[C@H](C)[C@H]3O)[C@H](O)[C@H](O[C@@H]3O[C@H](CO)[C@H](C)[C@H](O)[C@H]3O)[C@H]2NC(C)=O)[C@@H]1O. The Balaban J connectivity index is 0.914. The first-order valence-corrected chi connectivity index (χ1v) is 42.6. The largest absolute Gasteiger partial charge is 0.394 e. The molecule has 0 aromatic rings. The highest BCUT2D eigenvalue weighted by Gasteiger charge is 2.63. The van der Waals surface area contributed by atoms with Gasteiger partial charge in [-0.15, -0.1) is 0 Å². The monoisotopic (exact) mass is 1910 g/mol. The van der Waals surface area contributed by atoms with Crippen LogP contribution in [0.4, 0.5) is 0 Å². The van der Waals surface area contributed by atoms with Gasteiger partial charge in [-0.3, -0.25) is 19.2 Å². The van der Waals surface area contributed by atoms with E-state index in [-0.39, 0.29) is 0 Å². The Morgan fingerprint density at radius 2 is 0.534 bits per heavy atom. The third-order valence-corrected chi connectivity index (χ3v) is 24.9. The average molecular weight is 1920 g/mol. The fourth-order valence-electron chi connectivity index (χ4n) is 17.4. The molecule has 11 aliphatic heterocycles. The van der Waals surface area contributed by atoms with Crippen LogP contribution in [0, 0.1) is 11.8 Å². The van der Waals surface area contributed by atoms with Gasteiger partial charge in [0.05, 0.1) is 90.5 Å². The number of hydrogen-bond acceptors (Lipinski definition) is 52. The summed E-state index contributed by atoms with van der Waals surface area (Å²) >= 11 is 0. The quantitative estimate of drug-likeness (QED) is 0.0284. The molecule has 0 aliphatic carbocycles. The van der Waals surface area contributed by atoms with Crippen molar-refractivity contribution in [3.05, 3.63) is 0 Å². The van der Waals surface area contributed by atoms with E-state index in [1.54, 1.807) is 0 Å². The molecule has 56 nitrogen and oxygen atoms in total. The second-order valence-electron chi connectivity index (χ2n) is 34.1. The molecule has 0 aromatic carbocycles. The zero-order valence-electron chi connectivity index (χ0n) is 71.5. The summed E-state index contributed by atoms with van der Waals surface area (Å²) in [6.07, 6.45) is -96.5. The van der Waals surface area contributed by atoms with Gasteiger partial charge in [-0.05, 0) is 6.92 Å². The van der Waals surface area contributed by atoms with Crippen LogP contribution in [0.1, 0.15) is 48.5 Å². The lowest BCUT2D eigenvalue weighted by atomic mass is 9.90. The molecule has 56 heteroatoms. The maximum Gasteiger partial charge on any atom is 0.217 e. The maximum atomic E-state index is 13.4. The normalized spacial score (nSPS) is 50.0. The number of hydrogen-bond donors (Lipinski definition) is 31. The van der Waals surface area contributed by atoms with Crippen molar-refractivity contribution < 1.29 is 257 Å². The zero-order valence-corrected chi connectivity index (χ0v) is 71.5. The third kappa shape index (κ3) is 23.8. The second kappa shape index (κ2) is 46.8. The summed E-state index contributed by atoms with van der Waals surface area (Å²) in [5.41, 5.74) is 0. The van der Waals surface area contributed by atoms with Crippen molar-refractivity contribution in [3.63, 3.8) is 0 Å².